The van der Waals surface area contributed by atoms with E-state index in [-0.39, 0.29) is 16.6 Å². The summed E-state index contributed by atoms with van der Waals surface area (Å²) < 4.78 is 0. The van der Waals surface area contributed by atoms with Gasteiger partial charge in [0.1, 0.15) is 5.70 Å². The lowest BCUT2D eigenvalue weighted by atomic mass is 10.2. The van der Waals surface area contributed by atoms with Gasteiger partial charge in [0.25, 0.3) is 5.91 Å². The number of hydrogen-bond donors (Lipinski definition) is 3. The SMILES string of the molecule is O=C1NC(=S)N/C1=C\c1ccc(=O)[nH]c1. The molecule has 1 aliphatic heterocycles. The fraction of sp³-hybridized carbons (Fsp3) is 0. The molecule has 6 heteroatoms. The van der Waals surface area contributed by atoms with Crippen LogP contribution < -0.4 is 16.2 Å². The van der Waals surface area contributed by atoms with Crippen molar-refractivity contribution in [3.63, 3.8) is 0 Å². The third kappa shape index (κ3) is 2.10. The Morgan fingerprint density at radius 1 is 1.20 bits per heavy atom. The van der Waals surface area contributed by atoms with E-state index in [2.05, 4.69) is 15.6 Å². The number of amides is 1. The second kappa shape index (κ2) is 3.66. The van der Waals surface area contributed by atoms with E-state index in [4.69, 9.17) is 12.2 Å². The predicted molar refractivity (Wildman–Crippen MR) is 58.9 cm³/mol. The minimum atomic E-state index is -0.272. The number of nitrogens with one attached hydrogen (secondary N) is 3. The lowest BCUT2D eigenvalue weighted by Gasteiger charge is -1.94. The maximum Gasteiger partial charge on any atom is 0.273 e. The minimum Gasteiger partial charge on any atom is -0.329 e. The van der Waals surface area contributed by atoms with Crippen molar-refractivity contribution in [1.82, 2.24) is 15.6 Å². The number of pyridine rings is 1. The molecular formula is C9H7N3O2S. The van der Waals surface area contributed by atoms with Gasteiger partial charge < -0.3 is 10.3 Å². The zero-order chi connectivity index (χ0) is 10.8. The molecule has 0 aliphatic carbocycles. The van der Waals surface area contributed by atoms with Crippen LogP contribution in [0.3, 0.4) is 0 Å². The Hall–Kier alpha value is -1.95. The summed E-state index contributed by atoms with van der Waals surface area (Å²) >= 11 is 4.77. The zero-order valence-corrected chi connectivity index (χ0v) is 8.35. The summed E-state index contributed by atoms with van der Waals surface area (Å²) in [6, 6.07) is 3.00. The van der Waals surface area contributed by atoms with Crippen LogP contribution in [0.4, 0.5) is 0 Å². The maximum atomic E-state index is 11.3. The van der Waals surface area contributed by atoms with E-state index in [0.29, 0.717) is 5.70 Å². The van der Waals surface area contributed by atoms with Crippen molar-refractivity contribution in [2.24, 2.45) is 0 Å². The molecule has 0 radical (unpaired) electrons. The highest BCUT2D eigenvalue weighted by Gasteiger charge is 2.19. The van der Waals surface area contributed by atoms with Gasteiger partial charge in [-0.05, 0) is 29.9 Å². The van der Waals surface area contributed by atoms with Crippen molar-refractivity contribution in [2.75, 3.05) is 0 Å². The first kappa shape index (κ1) is 9.60. The number of aromatic amines is 1. The van der Waals surface area contributed by atoms with E-state index in [1.54, 1.807) is 12.1 Å². The monoisotopic (exact) mass is 221 g/mol. The predicted octanol–water partition coefficient (Wildman–Crippen LogP) is -0.280. The molecule has 2 heterocycles. The molecule has 1 amide bonds. The van der Waals surface area contributed by atoms with Crippen LogP contribution in [0.5, 0.6) is 0 Å². The first-order chi connectivity index (χ1) is 7.15. The summed E-state index contributed by atoms with van der Waals surface area (Å²) in [4.78, 5) is 24.5. The van der Waals surface area contributed by atoms with Gasteiger partial charge in [0, 0.05) is 12.3 Å². The summed E-state index contributed by atoms with van der Waals surface area (Å²) in [7, 11) is 0. The third-order valence-corrected chi connectivity index (χ3v) is 2.04. The van der Waals surface area contributed by atoms with Gasteiger partial charge in [-0.3, -0.25) is 14.9 Å². The van der Waals surface area contributed by atoms with Gasteiger partial charge in [0.2, 0.25) is 5.56 Å². The van der Waals surface area contributed by atoms with Crippen LogP contribution in [0.25, 0.3) is 6.08 Å². The van der Waals surface area contributed by atoms with E-state index in [1.165, 1.54) is 12.3 Å². The van der Waals surface area contributed by atoms with Crippen molar-refractivity contribution < 1.29 is 4.79 Å². The molecule has 3 N–H and O–H groups in total. The largest absolute Gasteiger partial charge is 0.329 e. The van der Waals surface area contributed by atoms with Crippen molar-refractivity contribution in [3.05, 3.63) is 39.9 Å². The zero-order valence-electron chi connectivity index (χ0n) is 7.53. The van der Waals surface area contributed by atoms with E-state index in [9.17, 15) is 9.59 Å². The van der Waals surface area contributed by atoms with E-state index >= 15 is 0 Å². The Balaban J connectivity index is 2.30. The molecule has 5 nitrogen and oxygen atoms in total. The number of aromatic nitrogens is 1. The average molecular weight is 221 g/mol. The Bertz CT molecular complexity index is 498. The normalized spacial score (nSPS) is 17.7. The molecule has 1 aliphatic rings. The smallest absolute Gasteiger partial charge is 0.273 e. The highest BCUT2D eigenvalue weighted by Crippen LogP contribution is 2.05. The molecule has 76 valence electrons. The molecule has 1 saturated heterocycles. The summed E-state index contributed by atoms with van der Waals surface area (Å²) in [6.07, 6.45) is 3.12. The standard InChI is InChI=1S/C9H7N3O2S/c13-7-2-1-5(4-10-7)3-6-8(14)12-9(15)11-6/h1-4H,(H,10,13)(H2,11,12,14,15)/b6-3-. The summed E-state index contributed by atoms with van der Waals surface area (Å²) in [5.74, 6) is -0.272. The van der Waals surface area contributed by atoms with Crippen LogP contribution in [0.15, 0.2) is 28.8 Å². The van der Waals surface area contributed by atoms with Crippen LogP contribution in [0, 0.1) is 0 Å². The summed E-state index contributed by atoms with van der Waals surface area (Å²) in [5.41, 5.74) is 0.903. The van der Waals surface area contributed by atoms with E-state index < -0.39 is 0 Å². The first-order valence-electron chi connectivity index (χ1n) is 4.18. The van der Waals surface area contributed by atoms with Crippen LogP contribution in [0.1, 0.15) is 5.56 Å². The van der Waals surface area contributed by atoms with Crippen LogP contribution in [-0.4, -0.2) is 16.0 Å². The third-order valence-electron chi connectivity index (χ3n) is 1.84. The van der Waals surface area contributed by atoms with Crippen LogP contribution in [0.2, 0.25) is 0 Å². The molecule has 2 rings (SSSR count). The highest BCUT2D eigenvalue weighted by atomic mass is 32.1. The van der Waals surface area contributed by atoms with Crippen molar-refractivity contribution in [3.8, 4) is 0 Å². The molecule has 15 heavy (non-hydrogen) atoms. The fourth-order valence-electron chi connectivity index (χ4n) is 1.16. The molecule has 1 fully saturated rings. The van der Waals surface area contributed by atoms with Crippen molar-refractivity contribution in [1.29, 1.82) is 0 Å². The average Bonchev–Trinajstić information content (AvgIpc) is 2.49. The molecule has 0 atom stereocenters. The Morgan fingerprint density at radius 3 is 2.53 bits per heavy atom. The molecule has 0 aromatic carbocycles. The van der Waals surface area contributed by atoms with Gasteiger partial charge in [-0.25, -0.2) is 0 Å². The number of H-pyrrole nitrogens is 1. The van der Waals surface area contributed by atoms with Gasteiger partial charge in [-0.15, -0.1) is 0 Å². The van der Waals surface area contributed by atoms with Crippen molar-refractivity contribution in [2.45, 2.75) is 0 Å². The van der Waals surface area contributed by atoms with Crippen molar-refractivity contribution >= 4 is 29.3 Å². The number of thiocarbonyl (C=S) groups is 1. The Morgan fingerprint density at radius 2 is 2.00 bits per heavy atom. The Labute approximate surface area is 90.2 Å². The van der Waals surface area contributed by atoms with Crippen LogP contribution >= 0.6 is 12.2 Å². The highest BCUT2D eigenvalue weighted by molar-refractivity contribution is 7.80. The number of carbonyl (C=O) groups is 1. The number of hydrogen-bond acceptors (Lipinski definition) is 3. The summed E-state index contributed by atoms with van der Waals surface area (Å²) in [5, 5.41) is 5.43. The van der Waals surface area contributed by atoms with Crippen LogP contribution in [-0.2, 0) is 4.79 Å². The number of rotatable bonds is 1. The topological polar surface area (TPSA) is 74.0 Å². The second-order valence-electron chi connectivity index (χ2n) is 2.95. The van der Waals surface area contributed by atoms with Gasteiger partial charge in [0.15, 0.2) is 5.11 Å². The fourth-order valence-corrected chi connectivity index (χ4v) is 1.36. The Kier molecular flexibility index (Phi) is 2.34. The van der Waals surface area contributed by atoms with E-state index in [0.717, 1.165) is 5.56 Å². The quantitative estimate of drug-likeness (QED) is 0.450. The summed E-state index contributed by atoms with van der Waals surface area (Å²) in [6.45, 7) is 0. The maximum absolute atomic E-state index is 11.3. The van der Waals surface area contributed by atoms with Gasteiger partial charge >= 0.3 is 0 Å². The molecule has 0 unspecified atom stereocenters. The molecular weight excluding hydrogens is 214 g/mol. The lowest BCUT2D eigenvalue weighted by molar-refractivity contribution is -0.115. The molecule has 1 aromatic rings. The minimum absolute atomic E-state index is 0.184. The number of carbonyl (C=O) groups excluding carboxylic acids is 1. The van der Waals surface area contributed by atoms with Gasteiger partial charge in [-0.1, -0.05) is 0 Å². The lowest BCUT2D eigenvalue weighted by Crippen LogP contribution is -2.21. The molecule has 0 spiro atoms. The molecule has 1 aromatic heterocycles. The van der Waals surface area contributed by atoms with Gasteiger partial charge in [0.05, 0.1) is 0 Å². The van der Waals surface area contributed by atoms with Gasteiger partial charge in [-0.2, -0.15) is 0 Å². The first-order valence-corrected chi connectivity index (χ1v) is 4.59. The molecule has 0 bridgehead atoms. The second-order valence-corrected chi connectivity index (χ2v) is 3.36. The molecule has 0 saturated carbocycles. The van der Waals surface area contributed by atoms with E-state index in [1.807, 2.05) is 0 Å².